The van der Waals surface area contributed by atoms with Gasteiger partial charge < -0.3 is 10.8 Å². The fourth-order valence-corrected chi connectivity index (χ4v) is 5.29. The molecule has 0 spiro atoms. The maximum Gasteiger partial charge on any atom is 0.408 e. The van der Waals surface area contributed by atoms with E-state index in [4.69, 9.17) is 10.7 Å². The minimum Gasteiger partial charge on any atom is -0.395 e. The molecule has 1 saturated carbocycles. The Morgan fingerprint density at radius 3 is 2.61 bits per heavy atom. The monoisotopic (exact) mass is 500 g/mol. The minimum absolute atomic E-state index is 0.0610. The van der Waals surface area contributed by atoms with E-state index in [0.29, 0.717) is 34.2 Å². The van der Waals surface area contributed by atoms with Gasteiger partial charge in [0.15, 0.2) is 11.5 Å². The van der Waals surface area contributed by atoms with E-state index < -0.39 is 23.5 Å². The molecule has 3 aromatic heterocycles. The second-order valence-corrected chi connectivity index (χ2v) is 9.86. The van der Waals surface area contributed by atoms with Crippen molar-refractivity contribution >= 4 is 16.6 Å². The molecule has 11 heteroatoms. The second kappa shape index (κ2) is 8.19. The van der Waals surface area contributed by atoms with Gasteiger partial charge in [0, 0.05) is 36.1 Å². The van der Waals surface area contributed by atoms with Crippen LogP contribution >= 0.6 is 0 Å². The fraction of sp³-hybridized carbons (Fsp3) is 0.400. The lowest BCUT2D eigenvalue weighted by Crippen LogP contribution is -2.38. The van der Waals surface area contributed by atoms with Gasteiger partial charge in [-0.1, -0.05) is 12.1 Å². The topological polar surface area (TPSA) is 92.6 Å². The van der Waals surface area contributed by atoms with E-state index in [1.807, 2.05) is 0 Å². The molecule has 0 bridgehead atoms. The molecule has 1 aliphatic carbocycles. The van der Waals surface area contributed by atoms with Gasteiger partial charge in [-0.2, -0.15) is 13.2 Å². The van der Waals surface area contributed by atoms with Crippen molar-refractivity contribution in [3.05, 3.63) is 59.5 Å². The molecule has 1 aromatic carbocycles. The van der Waals surface area contributed by atoms with Crippen LogP contribution in [0.3, 0.4) is 0 Å². The Balaban J connectivity index is 1.47. The van der Waals surface area contributed by atoms with E-state index in [0.717, 1.165) is 12.8 Å². The summed E-state index contributed by atoms with van der Waals surface area (Å²) >= 11 is 0. The Kier molecular flexibility index (Phi) is 5.29. The third kappa shape index (κ3) is 3.82. The summed E-state index contributed by atoms with van der Waals surface area (Å²) in [5.74, 6) is -0.138. The number of nitrogens with zero attached hydrogens (tertiary/aromatic N) is 5. The van der Waals surface area contributed by atoms with Crippen LogP contribution in [0.4, 0.5) is 17.6 Å². The average molecular weight is 501 g/mol. The summed E-state index contributed by atoms with van der Waals surface area (Å²) in [5, 5.41) is 18.8. The third-order valence-corrected chi connectivity index (χ3v) is 7.39. The zero-order valence-electron chi connectivity index (χ0n) is 19.2. The summed E-state index contributed by atoms with van der Waals surface area (Å²) in [6.07, 6.45) is -1.13. The zero-order valence-corrected chi connectivity index (χ0v) is 19.2. The summed E-state index contributed by atoms with van der Waals surface area (Å²) in [6, 6.07) is 6.95. The standard InChI is InChI=1S/C25H24F4N6O/c26-16-9-14-1-3-19(31-21(14)18(10-16)24(13-36)6-7-24)23-33-32-20-4-2-15(11-35(20)23)22(25(27,28)29)34-8-5-17(30)12-34/h1-4,9-11,17,22,36H,5-8,12-13,30H2. The average Bonchev–Trinajstić information content (AvgIpc) is 3.35. The smallest absolute Gasteiger partial charge is 0.395 e. The number of benzene rings is 1. The molecule has 2 atom stereocenters. The highest BCUT2D eigenvalue weighted by Crippen LogP contribution is 2.50. The Morgan fingerprint density at radius 1 is 1.14 bits per heavy atom. The first kappa shape index (κ1) is 23.3. The molecule has 4 aromatic rings. The quantitative estimate of drug-likeness (QED) is 0.406. The van der Waals surface area contributed by atoms with E-state index in [9.17, 15) is 22.7 Å². The number of fused-ring (bicyclic) bond motifs is 2. The Morgan fingerprint density at radius 2 is 1.94 bits per heavy atom. The molecular weight excluding hydrogens is 476 g/mol. The molecule has 2 aliphatic rings. The lowest BCUT2D eigenvalue weighted by Gasteiger charge is -2.30. The van der Waals surface area contributed by atoms with Crippen LogP contribution in [-0.4, -0.2) is 61.5 Å². The van der Waals surface area contributed by atoms with Crippen LogP contribution in [0, 0.1) is 5.82 Å². The van der Waals surface area contributed by atoms with Crippen molar-refractivity contribution in [2.45, 2.75) is 42.9 Å². The maximum atomic E-state index is 14.3. The lowest BCUT2D eigenvalue weighted by atomic mass is 9.94. The first-order valence-corrected chi connectivity index (χ1v) is 11.8. The maximum absolute atomic E-state index is 14.3. The Labute approximate surface area is 203 Å². The molecule has 1 aliphatic heterocycles. The summed E-state index contributed by atoms with van der Waals surface area (Å²) in [6.45, 7) is 0.305. The molecule has 2 unspecified atom stereocenters. The molecule has 4 heterocycles. The van der Waals surface area contributed by atoms with Crippen molar-refractivity contribution in [3.63, 3.8) is 0 Å². The number of likely N-dealkylation sites (tertiary alicyclic amines) is 1. The number of hydrogen-bond donors (Lipinski definition) is 2. The van der Waals surface area contributed by atoms with Crippen molar-refractivity contribution in [1.82, 2.24) is 24.5 Å². The van der Waals surface area contributed by atoms with Gasteiger partial charge in [0.1, 0.15) is 17.6 Å². The number of hydrogen-bond acceptors (Lipinski definition) is 6. The van der Waals surface area contributed by atoms with E-state index in [2.05, 4.69) is 10.2 Å². The van der Waals surface area contributed by atoms with Crippen molar-refractivity contribution in [3.8, 4) is 11.5 Å². The molecule has 2 fully saturated rings. The molecule has 0 radical (unpaired) electrons. The van der Waals surface area contributed by atoms with Crippen LogP contribution in [0.25, 0.3) is 28.1 Å². The highest BCUT2D eigenvalue weighted by molar-refractivity contribution is 5.85. The fourth-order valence-electron chi connectivity index (χ4n) is 5.29. The van der Waals surface area contributed by atoms with Crippen molar-refractivity contribution in [2.75, 3.05) is 19.7 Å². The van der Waals surface area contributed by atoms with Crippen LogP contribution in [-0.2, 0) is 5.41 Å². The predicted octanol–water partition coefficient (Wildman–Crippen LogP) is 3.74. The number of nitrogens with two attached hydrogens (primary N) is 1. The van der Waals surface area contributed by atoms with E-state index >= 15 is 0 Å². The highest BCUT2D eigenvalue weighted by Gasteiger charge is 2.47. The summed E-state index contributed by atoms with van der Waals surface area (Å²) in [7, 11) is 0. The highest BCUT2D eigenvalue weighted by atomic mass is 19.4. The molecular formula is C25H24F4N6O. The van der Waals surface area contributed by atoms with E-state index in [-0.39, 0.29) is 37.1 Å². The Hall–Kier alpha value is -3.15. The summed E-state index contributed by atoms with van der Waals surface area (Å²) in [4.78, 5) is 6.08. The largest absolute Gasteiger partial charge is 0.408 e. The van der Waals surface area contributed by atoms with Crippen molar-refractivity contribution in [1.29, 1.82) is 0 Å². The number of rotatable bonds is 5. The van der Waals surface area contributed by atoms with Gasteiger partial charge in [-0.15, -0.1) is 10.2 Å². The van der Waals surface area contributed by atoms with Gasteiger partial charge in [-0.05, 0) is 54.7 Å². The first-order valence-electron chi connectivity index (χ1n) is 11.8. The molecule has 7 nitrogen and oxygen atoms in total. The SMILES string of the molecule is NC1CCN(C(c2ccc3nnc(-c4ccc5cc(F)cc(C6(CO)CC6)c5n4)n3c2)C(F)(F)F)C1. The molecule has 36 heavy (non-hydrogen) atoms. The van der Waals surface area contributed by atoms with E-state index in [1.165, 1.54) is 39.8 Å². The van der Waals surface area contributed by atoms with Crippen LogP contribution in [0.2, 0.25) is 0 Å². The van der Waals surface area contributed by atoms with Crippen LogP contribution in [0.15, 0.2) is 42.6 Å². The third-order valence-electron chi connectivity index (χ3n) is 7.39. The van der Waals surface area contributed by atoms with Crippen molar-refractivity contribution in [2.24, 2.45) is 5.73 Å². The molecule has 188 valence electrons. The molecule has 3 N–H and O–H groups in total. The minimum atomic E-state index is -4.49. The van der Waals surface area contributed by atoms with Crippen LogP contribution in [0.5, 0.6) is 0 Å². The molecule has 6 rings (SSSR count). The summed E-state index contributed by atoms with van der Waals surface area (Å²) < 4.78 is 58.3. The van der Waals surface area contributed by atoms with Gasteiger partial charge in [0.25, 0.3) is 0 Å². The van der Waals surface area contributed by atoms with Gasteiger partial charge in [0.05, 0.1) is 12.1 Å². The van der Waals surface area contributed by atoms with Crippen LogP contribution in [0.1, 0.15) is 36.4 Å². The molecule has 1 saturated heterocycles. The Bertz CT molecular complexity index is 1460. The van der Waals surface area contributed by atoms with Crippen molar-refractivity contribution < 1.29 is 22.7 Å². The van der Waals surface area contributed by atoms with Gasteiger partial charge in [-0.25, -0.2) is 9.37 Å². The number of pyridine rings is 2. The normalized spacial score (nSPS) is 20.9. The van der Waals surface area contributed by atoms with Gasteiger partial charge >= 0.3 is 6.18 Å². The second-order valence-electron chi connectivity index (χ2n) is 9.86. The zero-order chi connectivity index (χ0) is 25.2. The first-order chi connectivity index (χ1) is 17.2. The predicted molar refractivity (Wildman–Crippen MR) is 125 cm³/mol. The number of aliphatic hydroxyl groups is 1. The van der Waals surface area contributed by atoms with E-state index in [1.54, 1.807) is 12.1 Å². The summed E-state index contributed by atoms with van der Waals surface area (Å²) in [5.41, 5.74) is 7.35. The van der Waals surface area contributed by atoms with Crippen LogP contribution < -0.4 is 5.73 Å². The number of aliphatic hydroxyl groups excluding tert-OH is 1. The number of halogens is 4. The number of aromatic nitrogens is 4. The number of alkyl halides is 3. The van der Waals surface area contributed by atoms with Gasteiger partial charge in [-0.3, -0.25) is 9.30 Å². The lowest BCUT2D eigenvalue weighted by molar-refractivity contribution is -0.183. The van der Waals surface area contributed by atoms with Gasteiger partial charge in [0.2, 0.25) is 0 Å². The molecule has 0 amide bonds.